The maximum Gasteiger partial charge on any atom is 0.336 e. The van der Waals surface area contributed by atoms with Crippen molar-refractivity contribution < 1.29 is 22.4 Å². The highest BCUT2D eigenvalue weighted by Gasteiger charge is 2.21. The lowest BCUT2D eigenvalue weighted by Crippen LogP contribution is -2.26. The first kappa shape index (κ1) is 23.1. The number of rotatable bonds is 7. The lowest BCUT2D eigenvalue weighted by Gasteiger charge is -2.19. The Labute approximate surface area is 196 Å². The van der Waals surface area contributed by atoms with Crippen molar-refractivity contribution in [2.45, 2.75) is 11.8 Å². The number of hydrogen-bond acceptors (Lipinski definition) is 6. The van der Waals surface area contributed by atoms with Crippen LogP contribution in [0.2, 0.25) is 0 Å². The molecule has 0 unspecified atom stereocenters. The number of hydrogen-bond donors (Lipinski definition) is 1. The van der Waals surface area contributed by atoms with Gasteiger partial charge in [-0.2, -0.15) is 0 Å². The van der Waals surface area contributed by atoms with Gasteiger partial charge in [0.2, 0.25) is 0 Å². The third-order valence-corrected chi connectivity index (χ3v) is 6.97. The smallest absolute Gasteiger partial charge is 0.336 e. The highest BCUT2D eigenvalue weighted by molar-refractivity contribution is 7.92. The van der Waals surface area contributed by atoms with Crippen LogP contribution < -0.4 is 20.0 Å². The molecule has 1 heterocycles. The molecule has 0 aliphatic carbocycles. The molecule has 0 spiro atoms. The molecule has 8 nitrogen and oxygen atoms in total. The second-order valence-electron chi connectivity index (χ2n) is 7.58. The summed E-state index contributed by atoms with van der Waals surface area (Å²) in [5.41, 5.74) is 1.52. The second-order valence-corrected chi connectivity index (χ2v) is 9.55. The van der Waals surface area contributed by atoms with Gasteiger partial charge in [0.15, 0.2) is 6.61 Å². The number of benzene rings is 3. The first-order valence-corrected chi connectivity index (χ1v) is 11.8. The zero-order valence-electron chi connectivity index (χ0n) is 18.5. The first-order chi connectivity index (χ1) is 16.2. The Bertz CT molecular complexity index is 1510. The van der Waals surface area contributed by atoms with Gasteiger partial charge in [-0.25, -0.2) is 13.2 Å². The molecule has 0 radical (unpaired) electrons. The predicted octanol–water partition coefficient (Wildman–Crippen LogP) is 3.94. The van der Waals surface area contributed by atoms with E-state index in [4.69, 9.17) is 9.15 Å². The van der Waals surface area contributed by atoms with Gasteiger partial charge in [0.25, 0.3) is 15.9 Å². The number of carbonyl (C=O) groups excluding carboxylic acids is 1. The molecule has 34 heavy (non-hydrogen) atoms. The van der Waals surface area contributed by atoms with Crippen LogP contribution in [0.5, 0.6) is 5.75 Å². The van der Waals surface area contributed by atoms with Gasteiger partial charge in [-0.15, -0.1) is 0 Å². The molecule has 0 fully saturated rings. The van der Waals surface area contributed by atoms with Crippen LogP contribution >= 0.6 is 0 Å². The highest BCUT2D eigenvalue weighted by atomic mass is 32.2. The fraction of sp³-hybridized carbons (Fsp3) is 0.120. The van der Waals surface area contributed by atoms with Crippen LogP contribution in [-0.4, -0.2) is 28.0 Å². The number of aryl methyl sites for hydroxylation is 1. The molecule has 1 aromatic heterocycles. The summed E-state index contributed by atoms with van der Waals surface area (Å²) in [5.74, 6) is -0.117. The SMILES string of the molecule is Cc1cc(=O)oc2cc(OCC(=O)Nc3cccc(S(=O)(=O)N(C)c4ccccc4)c3)ccc12. The van der Waals surface area contributed by atoms with Crippen molar-refractivity contribution in [2.75, 3.05) is 23.3 Å². The Morgan fingerprint density at radius 1 is 1.00 bits per heavy atom. The van der Waals surface area contributed by atoms with Crippen molar-refractivity contribution in [1.82, 2.24) is 0 Å². The molecule has 174 valence electrons. The maximum absolute atomic E-state index is 13.0. The number of fused-ring (bicyclic) bond motifs is 1. The van der Waals surface area contributed by atoms with Gasteiger partial charge in [0.05, 0.1) is 10.6 Å². The summed E-state index contributed by atoms with van der Waals surface area (Å²) in [7, 11) is -2.35. The normalized spacial score (nSPS) is 11.2. The van der Waals surface area contributed by atoms with Crippen LogP contribution in [0.3, 0.4) is 0 Å². The van der Waals surface area contributed by atoms with E-state index in [1.807, 2.05) is 0 Å². The maximum atomic E-state index is 13.0. The largest absolute Gasteiger partial charge is 0.484 e. The molecule has 0 bridgehead atoms. The highest BCUT2D eigenvalue weighted by Crippen LogP contribution is 2.24. The quantitative estimate of drug-likeness (QED) is 0.403. The van der Waals surface area contributed by atoms with E-state index in [2.05, 4.69) is 5.32 Å². The summed E-state index contributed by atoms with van der Waals surface area (Å²) in [4.78, 5) is 24.0. The lowest BCUT2D eigenvalue weighted by atomic mass is 10.1. The van der Waals surface area contributed by atoms with E-state index in [1.165, 1.54) is 29.6 Å². The van der Waals surface area contributed by atoms with Gasteiger partial charge in [0.1, 0.15) is 11.3 Å². The van der Waals surface area contributed by atoms with Gasteiger partial charge < -0.3 is 14.5 Å². The van der Waals surface area contributed by atoms with E-state index in [1.54, 1.807) is 67.6 Å². The van der Waals surface area contributed by atoms with Crippen LogP contribution in [0.15, 0.2) is 93.0 Å². The number of carbonyl (C=O) groups is 1. The zero-order chi connectivity index (χ0) is 24.3. The van der Waals surface area contributed by atoms with Gasteiger partial charge in [-0.3, -0.25) is 9.10 Å². The Hall–Kier alpha value is -4.11. The predicted molar refractivity (Wildman–Crippen MR) is 130 cm³/mol. The minimum atomic E-state index is -3.82. The van der Waals surface area contributed by atoms with Gasteiger partial charge >= 0.3 is 5.63 Å². The third-order valence-electron chi connectivity index (χ3n) is 5.19. The van der Waals surface area contributed by atoms with Crippen molar-refractivity contribution in [3.05, 3.63) is 94.8 Å². The number of nitrogens with zero attached hydrogens (tertiary/aromatic N) is 1. The molecule has 4 aromatic rings. The van der Waals surface area contributed by atoms with Crippen molar-refractivity contribution in [1.29, 1.82) is 0 Å². The molecule has 0 aliphatic rings. The molecule has 0 saturated heterocycles. The number of ether oxygens (including phenoxy) is 1. The fourth-order valence-corrected chi connectivity index (χ4v) is 4.65. The Balaban J connectivity index is 1.44. The Kier molecular flexibility index (Phi) is 6.38. The molecule has 0 saturated carbocycles. The van der Waals surface area contributed by atoms with E-state index in [-0.39, 0.29) is 11.5 Å². The number of amides is 1. The van der Waals surface area contributed by atoms with Crippen molar-refractivity contribution in [3.63, 3.8) is 0 Å². The molecule has 3 aromatic carbocycles. The number of sulfonamides is 1. The summed E-state index contributed by atoms with van der Waals surface area (Å²) in [6.07, 6.45) is 0. The monoisotopic (exact) mass is 478 g/mol. The minimum absolute atomic E-state index is 0.0394. The van der Waals surface area contributed by atoms with Gasteiger partial charge in [-0.1, -0.05) is 24.3 Å². The van der Waals surface area contributed by atoms with Crippen LogP contribution in [-0.2, 0) is 14.8 Å². The summed E-state index contributed by atoms with van der Waals surface area (Å²) in [6.45, 7) is 1.49. The molecule has 4 rings (SSSR count). The van der Waals surface area contributed by atoms with Gasteiger partial charge in [0, 0.05) is 30.3 Å². The van der Waals surface area contributed by atoms with E-state index >= 15 is 0 Å². The molecule has 9 heteroatoms. The van der Waals surface area contributed by atoms with Crippen LogP contribution in [0.25, 0.3) is 11.0 Å². The summed E-state index contributed by atoms with van der Waals surface area (Å²) >= 11 is 0. The molecule has 0 atom stereocenters. The minimum Gasteiger partial charge on any atom is -0.484 e. The average molecular weight is 479 g/mol. The molecular formula is C25H22N2O6S. The molecular weight excluding hydrogens is 456 g/mol. The first-order valence-electron chi connectivity index (χ1n) is 10.4. The molecule has 1 N–H and O–H groups in total. The number of anilines is 2. The van der Waals surface area contributed by atoms with Crippen molar-refractivity contribution in [2.24, 2.45) is 0 Å². The zero-order valence-corrected chi connectivity index (χ0v) is 19.3. The Morgan fingerprint density at radius 3 is 2.53 bits per heavy atom. The van der Waals surface area contributed by atoms with E-state index in [9.17, 15) is 18.0 Å². The fourth-order valence-electron chi connectivity index (χ4n) is 3.41. The van der Waals surface area contributed by atoms with Crippen LogP contribution in [0, 0.1) is 6.92 Å². The Morgan fingerprint density at radius 2 is 1.76 bits per heavy atom. The topological polar surface area (TPSA) is 106 Å². The second kappa shape index (κ2) is 9.40. The molecule has 0 aliphatic heterocycles. The lowest BCUT2D eigenvalue weighted by molar-refractivity contribution is -0.118. The average Bonchev–Trinajstić information content (AvgIpc) is 2.82. The standard InChI is InChI=1S/C25H22N2O6S/c1-17-13-25(29)33-23-15-20(11-12-22(17)23)32-16-24(28)26-18-7-6-10-21(14-18)34(30,31)27(2)19-8-4-3-5-9-19/h3-15H,16H2,1-2H3,(H,26,28). The molecule has 1 amide bonds. The summed E-state index contributed by atoms with van der Waals surface area (Å²) in [6, 6.07) is 21.1. The number of nitrogens with one attached hydrogen (secondary N) is 1. The summed E-state index contributed by atoms with van der Waals surface area (Å²) < 4.78 is 37.9. The van der Waals surface area contributed by atoms with Crippen molar-refractivity contribution >= 4 is 38.3 Å². The van der Waals surface area contributed by atoms with Crippen LogP contribution in [0.1, 0.15) is 5.56 Å². The number of para-hydroxylation sites is 1. The third kappa shape index (κ3) is 4.94. The van der Waals surface area contributed by atoms with Gasteiger partial charge in [-0.05, 0) is 55.0 Å². The van der Waals surface area contributed by atoms with Crippen LogP contribution in [0.4, 0.5) is 11.4 Å². The van der Waals surface area contributed by atoms with Crippen molar-refractivity contribution in [3.8, 4) is 5.75 Å². The summed E-state index contributed by atoms with van der Waals surface area (Å²) in [5, 5.41) is 3.41. The van der Waals surface area contributed by atoms with E-state index < -0.39 is 21.6 Å². The van der Waals surface area contributed by atoms with E-state index in [0.29, 0.717) is 22.7 Å². The van der Waals surface area contributed by atoms with E-state index in [0.717, 1.165) is 10.9 Å².